The van der Waals surface area contributed by atoms with Crippen molar-refractivity contribution in [3.8, 4) is 11.5 Å². The van der Waals surface area contributed by atoms with Crippen molar-refractivity contribution in [2.24, 2.45) is 0 Å². The largest absolute Gasteiger partial charge is 0.465 e. The number of methoxy groups -OCH3 is 1. The Morgan fingerprint density at radius 2 is 2.22 bits per heavy atom. The Kier molecular flexibility index (Phi) is 3.38. The number of nitrogens with zero attached hydrogens (tertiary/aromatic N) is 3. The summed E-state index contributed by atoms with van der Waals surface area (Å²) in [6.45, 7) is 0. The Morgan fingerprint density at radius 3 is 2.83 bits per heavy atom. The molecule has 0 saturated carbocycles. The topological polar surface area (TPSA) is 91.0 Å². The van der Waals surface area contributed by atoms with E-state index in [1.807, 2.05) is 0 Å². The van der Waals surface area contributed by atoms with E-state index in [9.17, 15) is 4.79 Å². The van der Waals surface area contributed by atoms with Gasteiger partial charge in [-0.3, -0.25) is 4.98 Å². The predicted molar refractivity (Wildman–Crippen MR) is 66.0 cm³/mol. The molecule has 0 atom stereocenters. The van der Waals surface area contributed by atoms with E-state index >= 15 is 0 Å². The van der Waals surface area contributed by atoms with Crippen LogP contribution in [0.2, 0.25) is 5.02 Å². The summed E-state index contributed by atoms with van der Waals surface area (Å²) in [6.07, 6.45) is 2.85. The maximum Gasteiger partial charge on any atom is 0.343 e. The lowest BCUT2D eigenvalue weighted by molar-refractivity contribution is 0.0601. The van der Waals surface area contributed by atoms with Gasteiger partial charge in [0.05, 0.1) is 12.1 Å². The molecule has 0 unspecified atom stereocenters. The molecule has 0 saturated heterocycles. The lowest BCUT2D eigenvalue weighted by Gasteiger charge is -2.05. The summed E-state index contributed by atoms with van der Waals surface area (Å²) >= 11 is 5.97. The molecule has 2 aromatic rings. The molecule has 0 aliphatic rings. The summed E-state index contributed by atoms with van der Waals surface area (Å²) in [5.41, 5.74) is 6.17. The number of rotatable bonds is 2. The Morgan fingerprint density at radius 1 is 1.44 bits per heavy atom. The summed E-state index contributed by atoms with van der Waals surface area (Å²) in [6, 6.07) is 3.36. The van der Waals surface area contributed by atoms with Crippen LogP contribution in [-0.4, -0.2) is 28.0 Å². The van der Waals surface area contributed by atoms with E-state index in [1.165, 1.54) is 13.3 Å². The van der Waals surface area contributed by atoms with E-state index in [-0.39, 0.29) is 17.2 Å². The first-order chi connectivity index (χ1) is 8.63. The number of hydrogen-bond acceptors (Lipinski definition) is 6. The summed E-state index contributed by atoms with van der Waals surface area (Å²) in [5, 5.41) is 0.405. The molecule has 2 heterocycles. The van der Waals surface area contributed by atoms with Crippen LogP contribution in [0.1, 0.15) is 10.4 Å². The Hall–Kier alpha value is -2.21. The van der Waals surface area contributed by atoms with E-state index in [2.05, 4.69) is 19.7 Å². The molecule has 0 aromatic carbocycles. The van der Waals surface area contributed by atoms with E-state index in [0.717, 1.165) is 0 Å². The smallest absolute Gasteiger partial charge is 0.343 e. The van der Waals surface area contributed by atoms with Crippen LogP contribution in [0.4, 0.5) is 5.82 Å². The Bertz CT molecular complexity index is 603. The molecule has 0 aliphatic carbocycles. The van der Waals surface area contributed by atoms with Gasteiger partial charge in [-0.1, -0.05) is 11.6 Å². The normalized spacial score (nSPS) is 10.1. The van der Waals surface area contributed by atoms with Gasteiger partial charge in [0.1, 0.15) is 17.1 Å². The number of ether oxygens (including phenoxy) is 1. The van der Waals surface area contributed by atoms with Crippen molar-refractivity contribution in [3.05, 3.63) is 35.1 Å². The molecule has 2 aromatic heterocycles. The first-order valence-corrected chi connectivity index (χ1v) is 5.33. The minimum Gasteiger partial charge on any atom is -0.465 e. The second kappa shape index (κ2) is 4.97. The quantitative estimate of drug-likeness (QED) is 0.828. The number of hydrogen-bond donors (Lipinski definition) is 1. The van der Waals surface area contributed by atoms with E-state index in [4.69, 9.17) is 17.3 Å². The SMILES string of the molecule is COC(=O)c1cnc(-c2ncccc2Cl)nc1N. The van der Waals surface area contributed by atoms with E-state index in [0.29, 0.717) is 10.7 Å². The molecule has 92 valence electrons. The number of pyridine rings is 1. The van der Waals surface area contributed by atoms with E-state index < -0.39 is 5.97 Å². The molecule has 0 radical (unpaired) electrons. The third kappa shape index (κ3) is 2.23. The van der Waals surface area contributed by atoms with Crippen molar-refractivity contribution in [2.75, 3.05) is 12.8 Å². The Labute approximate surface area is 108 Å². The fraction of sp³-hybridized carbons (Fsp3) is 0.0909. The summed E-state index contributed by atoms with van der Waals surface area (Å²) < 4.78 is 4.55. The van der Waals surface area contributed by atoms with Crippen LogP contribution in [0, 0.1) is 0 Å². The van der Waals surface area contributed by atoms with Crippen molar-refractivity contribution in [1.82, 2.24) is 15.0 Å². The van der Waals surface area contributed by atoms with Crippen LogP contribution in [-0.2, 0) is 4.74 Å². The maximum absolute atomic E-state index is 11.3. The number of carbonyl (C=O) groups excluding carboxylic acids is 1. The standard InChI is InChI=1S/C11H9ClN4O2/c1-18-11(17)6-5-15-10(16-9(6)13)8-7(12)3-2-4-14-8/h2-5H,1H3,(H2,13,15,16). The van der Waals surface area contributed by atoms with Gasteiger partial charge in [0.25, 0.3) is 0 Å². The van der Waals surface area contributed by atoms with Crippen molar-refractivity contribution in [1.29, 1.82) is 0 Å². The molecule has 6 nitrogen and oxygen atoms in total. The molecule has 18 heavy (non-hydrogen) atoms. The highest BCUT2D eigenvalue weighted by molar-refractivity contribution is 6.32. The van der Waals surface area contributed by atoms with Crippen molar-refractivity contribution in [3.63, 3.8) is 0 Å². The zero-order valence-electron chi connectivity index (χ0n) is 9.42. The van der Waals surface area contributed by atoms with Crippen molar-refractivity contribution in [2.45, 2.75) is 0 Å². The third-order valence-corrected chi connectivity index (χ3v) is 2.50. The average molecular weight is 265 g/mol. The fourth-order valence-corrected chi connectivity index (χ4v) is 1.53. The van der Waals surface area contributed by atoms with Gasteiger partial charge in [-0.2, -0.15) is 0 Å². The van der Waals surface area contributed by atoms with Gasteiger partial charge in [0, 0.05) is 12.4 Å². The molecule has 0 spiro atoms. The number of esters is 1. The maximum atomic E-state index is 11.3. The van der Waals surface area contributed by atoms with Crippen LogP contribution in [0.3, 0.4) is 0 Å². The molecule has 0 bridgehead atoms. The number of nitrogens with two attached hydrogens (primary N) is 1. The third-order valence-electron chi connectivity index (χ3n) is 2.19. The molecule has 2 N–H and O–H groups in total. The minimum absolute atomic E-state index is 0.0218. The van der Waals surface area contributed by atoms with Gasteiger partial charge >= 0.3 is 5.97 Å². The number of halogens is 1. The van der Waals surface area contributed by atoms with Crippen molar-refractivity contribution >= 4 is 23.4 Å². The number of carbonyl (C=O) groups is 1. The zero-order chi connectivity index (χ0) is 13.1. The van der Waals surface area contributed by atoms with Gasteiger partial charge in [0.2, 0.25) is 0 Å². The van der Waals surface area contributed by atoms with Gasteiger partial charge in [-0.05, 0) is 12.1 Å². The predicted octanol–water partition coefficient (Wildman–Crippen LogP) is 1.56. The highest BCUT2D eigenvalue weighted by Gasteiger charge is 2.15. The minimum atomic E-state index is -0.592. The first kappa shape index (κ1) is 12.3. The first-order valence-electron chi connectivity index (χ1n) is 4.95. The molecule has 0 amide bonds. The highest BCUT2D eigenvalue weighted by atomic mass is 35.5. The molecular weight excluding hydrogens is 256 g/mol. The number of aromatic nitrogens is 3. The van der Waals surface area contributed by atoms with Crippen LogP contribution in [0.5, 0.6) is 0 Å². The highest BCUT2D eigenvalue weighted by Crippen LogP contribution is 2.23. The van der Waals surface area contributed by atoms with Gasteiger partial charge < -0.3 is 10.5 Å². The van der Waals surface area contributed by atoms with Crippen molar-refractivity contribution < 1.29 is 9.53 Å². The van der Waals surface area contributed by atoms with Crippen LogP contribution in [0.25, 0.3) is 11.5 Å². The van der Waals surface area contributed by atoms with Crippen LogP contribution >= 0.6 is 11.6 Å². The second-order valence-corrected chi connectivity index (χ2v) is 3.73. The Balaban J connectivity index is 2.47. The lowest BCUT2D eigenvalue weighted by Crippen LogP contribution is -2.09. The molecule has 7 heteroatoms. The van der Waals surface area contributed by atoms with E-state index in [1.54, 1.807) is 18.3 Å². The summed E-state index contributed by atoms with van der Waals surface area (Å²) in [7, 11) is 1.26. The molecule has 0 aliphatic heterocycles. The summed E-state index contributed by atoms with van der Waals surface area (Å²) in [4.78, 5) is 23.4. The van der Waals surface area contributed by atoms with Crippen LogP contribution < -0.4 is 5.73 Å². The molecular formula is C11H9ClN4O2. The summed E-state index contributed by atoms with van der Waals surface area (Å²) in [5.74, 6) is -0.314. The zero-order valence-corrected chi connectivity index (χ0v) is 10.2. The fourth-order valence-electron chi connectivity index (χ4n) is 1.33. The van der Waals surface area contributed by atoms with Gasteiger partial charge in [-0.15, -0.1) is 0 Å². The average Bonchev–Trinajstić information content (AvgIpc) is 2.38. The number of nitrogen functional groups attached to an aromatic ring is 1. The monoisotopic (exact) mass is 264 g/mol. The van der Waals surface area contributed by atoms with Crippen LogP contribution in [0.15, 0.2) is 24.5 Å². The molecule has 0 fully saturated rings. The lowest BCUT2D eigenvalue weighted by atomic mass is 10.3. The number of anilines is 1. The second-order valence-electron chi connectivity index (χ2n) is 3.32. The molecule has 2 rings (SSSR count). The van der Waals surface area contributed by atoms with Gasteiger partial charge in [0.15, 0.2) is 5.82 Å². The van der Waals surface area contributed by atoms with Gasteiger partial charge in [-0.25, -0.2) is 14.8 Å².